The topological polar surface area (TPSA) is 29.3 Å². The Morgan fingerprint density at radius 2 is 1.67 bits per heavy atom. The lowest BCUT2D eigenvalue weighted by atomic mass is 9.70. The van der Waals surface area contributed by atoms with Crippen LogP contribution in [0.4, 0.5) is 0 Å². The van der Waals surface area contributed by atoms with Crippen LogP contribution in [0.2, 0.25) is 0 Å². The Morgan fingerprint density at radius 1 is 1.06 bits per heavy atom. The van der Waals surface area contributed by atoms with Crippen LogP contribution in [0.25, 0.3) is 0 Å². The van der Waals surface area contributed by atoms with E-state index in [-0.39, 0.29) is 0 Å². The van der Waals surface area contributed by atoms with Crippen molar-refractivity contribution in [2.24, 2.45) is 17.1 Å². The Kier molecular flexibility index (Phi) is 4.38. The number of hydrogen-bond acceptors (Lipinski definition) is 2. The van der Waals surface area contributed by atoms with Crippen molar-refractivity contribution in [2.45, 2.75) is 83.8 Å². The summed E-state index contributed by atoms with van der Waals surface area (Å²) in [4.78, 5) is 2.70. The Labute approximate surface area is 113 Å². The molecule has 0 spiro atoms. The average molecular weight is 252 g/mol. The van der Waals surface area contributed by atoms with Crippen LogP contribution in [0.5, 0.6) is 0 Å². The quantitative estimate of drug-likeness (QED) is 0.816. The lowest BCUT2D eigenvalue weighted by Crippen LogP contribution is -2.49. The number of hydrogen-bond donors (Lipinski definition) is 1. The van der Waals surface area contributed by atoms with Gasteiger partial charge in [-0.2, -0.15) is 0 Å². The molecule has 0 bridgehead atoms. The first-order valence-corrected chi connectivity index (χ1v) is 7.86. The molecule has 0 saturated heterocycles. The summed E-state index contributed by atoms with van der Waals surface area (Å²) in [6.07, 6.45) is 9.22. The van der Waals surface area contributed by atoms with Crippen molar-refractivity contribution < 1.29 is 0 Å². The molecule has 2 atom stereocenters. The molecule has 2 aliphatic rings. The third-order valence-electron chi connectivity index (χ3n) is 5.49. The van der Waals surface area contributed by atoms with Gasteiger partial charge in [-0.05, 0) is 63.3 Å². The fraction of sp³-hybridized carbons (Fsp3) is 1.00. The predicted octanol–water partition coefficient (Wildman–Crippen LogP) is 3.40. The lowest BCUT2D eigenvalue weighted by Gasteiger charge is -2.47. The Hall–Kier alpha value is -0.0800. The van der Waals surface area contributed by atoms with Gasteiger partial charge in [0.25, 0.3) is 0 Å². The van der Waals surface area contributed by atoms with Crippen LogP contribution in [-0.2, 0) is 0 Å². The normalized spacial score (nSPS) is 41.0. The lowest BCUT2D eigenvalue weighted by molar-refractivity contribution is 0.0377. The number of rotatable bonds is 2. The molecule has 2 saturated carbocycles. The predicted molar refractivity (Wildman–Crippen MR) is 78.6 cm³/mol. The van der Waals surface area contributed by atoms with Crippen LogP contribution < -0.4 is 5.73 Å². The van der Waals surface area contributed by atoms with Gasteiger partial charge in [0.1, 0.15) is 0 Å². The van der Waals surface area contributed by atoms with Crippen molar-refractivity contribution in [1.82, 2.24) is 4.90 Å². The molecule has 2 rings (SSSR count). The fourth-order valence-electron chi connectivity index (χ4n) is 4.32. The van der Waals surface area contributed by atoms with E-state index < -0.39 is 0 Å². The summed E-state index contributed by atoms with van der Waals surface area (Å²) in [5, 5.41) is 0. The fourth-order valence-corrected chi connectivity index (χ4v) is 4.32. The molecule has 0 aliphatic heterocycles. The second kappa shape index (κ2) is 5.50. The maximum Gasteiger partial charge on any atom is 0.0121 e. The van der Waals surface area contributed by atoms with Crippen molar-refractivity contribution in [2.75, 3.05) is 7.05 Å². The van der Waals surface area contributed by atoms with Crippen molar-refractivity contribution in [3.05, 3.63) is 0 Å². The van der Waals surface area contributed by atoms with Crippen LogP contribution >= 0.6 is 0 Å². The number of nitrogens with zero attached hydrogens (tertiary/aromatic N) is 1. The first-order chi connectivity index (χ1) is 8.39. The van der Waals surface area contributed by atoms with E-state index in [9.17, 15) is 0 Å². The van der Waals surface area contributed by atoms with Crippen LogP contribution in [0.3, 0.4) is 0 Å². The van der Waals surface area contributed by atoms with Crippen molar-refractivity contribution in [3.8, 4) is 0 Å². The third kappa shape index (κ3) is 3.27. The highest BCUT2D eigenvalue weighted by molar-refractivity contribution is 4.91. The van der Waals surface area contributed by atoms with Gasteiger partial charge >= 0.3 is 0 Å². The zero-order chi connectivity index (χ0) is 13.3. The van der Waals surface area contributed by atoms with Crippen molar-refractivity contribution in [3.63, 3.8) is 0 Å². The molecule has 0 heterocycles. The van der Waals surface area contributed by atoms with Crippen LogP contribution in [0, 0.1) is 11.3 Å². The van der Waals surface area contributed by atoms with Crippen LogP contribution in [0.15, 0.2) is 0 Å². The molecule has 106 valence electrons. The zero-order valence-corrected chi connectivity index (χ0v) is 12.8. The summed E-state index contributed by atoms with van der Waals surface area (Å²) in [5.41, 5.74) is 6.58. The molecule has 2 unspecified atom stereocenters. The van der Waals surface area contributed by atoms with E-state index in [1.165, 1.54) is 44.9 Å². The highest BCUT2D eigenvalue weighted by Gasteiger charge is 2.36. The molecule has 2 fully saturated rings. The summed E-state index contributed by atoms with van der Waals surface area (Å²) in [5.74, 6) is 0.842. The second-order valence-electron chi connectivity index (χ2n) is 7.69. The van der Waals surface area contributed by atoms with Gasteiger partial charge in [0.05, 0.1) is 0 Å². The van der Waals surface area contributed by atoms with E-state index >= 15 is 0 Å². The van der Waals surface area contributed by atoms with E-state index in [0.717, 1.165) is 18.0 Å². The number of nitrogens with two attached hydrogens (primary N) is 1. The Balaban J connectivity index is 1.91. The summed E-state index contributed by atoms with van der Waals surface area (Å²) in [6, 6.07) is 2.06. The summed E-state index contributed by atoms with van der Waals surface area (Å²) in [7, 11) is 2.36. The first-order valence-electron chi connectivity index (χ1n) is 7.86. The molecular formula is C16H32N2. The van der Waals surface area contributed by atoms with Crippen LogP contribution in [-0.4, -0.2) is 30.1 Å². The zero-order valence-electron chi connectivity index (χ0n) is 12.8. The van der Waals surface area contributed by atoms with E-state index in [1.807, 2.05) is 0 Å². The molecule has 18 heavy (non-hydrogen) atoms. The second-order valence-corrected chi connectivity index (χ2v) is 7.69. The molecule has 2 N–H and O–H groups in total. The van der Waals surface area contributed by atoms with Gasteiger partial charge in [-0.1, -0.05) is 20.8 Å². The van der Waals surface area contributed by atoms with Gasteiger partial charge in [-0.15, -0.1) is 0 Å². The Morgan fingerprint density at radius 3 is 2.22 bits per heavy atom. The van der Waals surface area contributed by atoms with E-state index in [2.05, 4.69) is 32.7 Å². The summed E-state index contributed by atoms with van der Waals surface area (Å²) >= 11 is 0. The van der Waals surface area contributed by atoms with Crippen LogP contribution in [0.1, 0.15) is 65.7 Å². The smallest absolute Gasteiger partial charge is 0.0121 e. The monoisotopic (exact) mass is 252 g/mol. The van der Waals surface area contributed by atoms with E-state index in [4.69, 9.17) is 5.73 Å². The van der Waals surface area contributed by atoms with E-state index in [0.29, 0.717) is 11.5 Å². The average Bonchev–Trinajstić information content (AvgIpc) is 2.28. The van der Waals surface area contributed by atoms with E-state index in [1.54, 1.807) is 0 Å². The molecule has 0 radical (unpaired) electrons. The van der Waals surface area contributed by atoms with Crippen molar-refractivity contribution >= 4 is 0 Å². The molecular weight excluding hydrogens is 220 g/mol. The highest BCUT2D eigenvalue weighted by Crippen LogP contribution is 2.41. The molecule has 0 aromatic rings. The minimum absolute atomic E-state index is 0.470. The maximum absolute atomic E-state index is 6.02. The van der Waals surface area contributed by atoms with Gasteiger partial charge in [-0.25, -0.2) is 0 Å². The Bertz CT molecular complexity index is 266. The third-order valence-corrected chi connectivity index (χ3v) is 5.49. The minimum Gasteiger partial charge on any atom is -0.328 e. The molecule has 0 aromatic heterocycles. The molecule has 2 aliphatic carbocycles. The molecule has 0 amide bonds. The van der Waals surface area contributed by atoms with Gasteiger partial charge in [0.15, 0.2) is 0 Å². The van der Waals surface area contributed by atoms with Crippen molar-refractivity contribution in [1.29, 1.82) is 0 Å². The molecule has 2 heteroatoms. The first kappa shape index (κ1) is 14.3. The maximum atomic E-state index is 6.02. The van der Waals surface area contributed by atoms with Gasteiger partial charge in [0.2, 0.25) is 0 Å². The highest BCUT2D eigenvalue weighted by atomic mass is 15.2. The van der Waals surface area contributed by atoms with Gasteiger partial charge in [-0.3, -0.25) is 0 Å². The summed E-state index contributed by atoms with van der Waals surface area (Å²) in [6.45, 7) is 7.31. The van der Waals surface area contributed by atoms with Gasteiger partial charge in [0, 0.05) is 18.1 Å². The molecule has 2 nitrogen and oxygen atoms in total. The minimum atomic E-state index is 0.470. The largest absolute Gasteiger partial charge is 0.328 e. The SMILES string of the molecule is CC1CC(C)(C)CCC1N(C)C1CCC(N)CC1. The standard InChI is InChI=1S/C16H32N2/c1-12-11-16(2,3)10-9-15(12)18(4)14-7-5-13(17)6-8-14/h12-15H,5-11,17H2,1-4H3. The summed E-state index contributed by atoms with van der Waals surface area (Å²) < 4.78 is 0. The molecule has 0 aromatic carbocycles. The van der Waals surface area contributed by atoms with Gasteiger partial charge < -0.3 is 10.6 Å².